The fraction of sp³-hybridized carbons (Fsp3) is 0.389. The fourth-order valence-electron chi connectivity index (χ4n) is 1.97. The van der Waals surface area contributed by atoms with Crippen LogP contribution in [0.15, 0.2) is 41.5 Å². The molecule has 1 aromatic heterocycles. The van der Waals surface area contributed by atoms with Gasteiger partial charge in [0.1, 0.15) is 0 Å². The van der Waals surface area contributed by atoms with Crippen molar-refractivity contribution in [1.82, 2.24) is 9.97 Å². The summed E-state index contributed by atoms with van der Waals surface area (Å²) < 4.78 is 12.1. The van der Waals surface area contributed by atoms with Crippen LogP contribution in [0, 0.1) is 6.92 Å². The normalized spacial score (nSPS) is 12.8. The predicted octanol–water partition coefficient (Wildman–Crippen LogP) is 4.93. The standard InChI is InChI=1S/C18H27N3O2Si2/c1-14-13-19-18(23-25(5,6)7)21-16(14)20-17(22-24(2,3)4)15-11-9-8-10-12-15/h8-13H,1-7H3. The molecule has 0 bridgehead atoms. The smallest absolute Gasteiger partial charge is 0.304 e. The van der Waals surface area contributed by atoms with Gasteiger partial charge in [0.05, 0.1) is 0 Å². The lowest BCUT2D eigenvalue weighted by atomic mass is 10.2. The maximum atomic E-state index is 6.22. The maximum absolute atomic E-state index is 6.22. The van der Waals surface area contributed by atoms with Crippen LogP contribution >= 0.6 is 0 Å². The van der Waals surface area contributed by atoms with Gasteiger partial charge >= 0.3 is 6.01 Å². The summed E-state index contributed by atoms with van der Waals surface area (Å²) in [6, 6.07) is 10.3. The van der Waals surface area contributed by atoms with Crippen LogP contribution in [0.1, 0.15) is 11.1 Å². The zero-order valence-electron chi connectivity index (χ0n) is 16.1. The van der Waals surface area contributed by atoms with Gasteiger partial charge in [0.15, 0.2) is 5.82 Å². The molecule has 0 aliphatic carbocycles. The van der Waals surface area contributed by atoms with E-state index in [0.29, 0.717) is 17.7 Å². The number of benzene rings is 1. The van der Waals surface area contributed by atoms with Crippen molar-refractivity contribution in [3.63, 3.8) is 0 Å². The van der Waals surface area contributed by atoms with Crippen LogP contribution in [0.2, 0.25) is 39.3 Å². The van der Waals surface area contributed by atoms with Gasteiger partial charge in [0.25, 0.3) is 0 Å². The van der Waals surface area contributed by atoms with Crippen molar-refractivity contribution in [3.05, 3.63) is 47.7 Å². The van der Waals surface area contributed by atoms with E-state index in [1.165, 1.54) is 0 Å². The first-order valence-corrected chi connectivity index (χ1v) is 15.2. The molecule has 25 heavy (non-hydrogen) atoms. The van der Waals surface area contributed by atoms with Gasteiger partial charge < -0.3 is 8.85 Å². The minimum Gasteiger partial charge on any atom is -0.531 e. The first-order valence-electron chi connectivity index (χ1n) is 8.39. The summed E-state index contributed by atoms with van der Waals surface area (Å²) in [5.74, 6) is 1.18. The van der Waals surface area contributed by atoms with Gasteiger partial charge in [-0.25, -0.2) is 4.98 Å². The topological polar surface area (TPSA) is 56.6 Å². The molecular weight excluding hydrogens is 346 g/mol. The van der Waals surface area contributed by atoms with E-state index in [-0.39, 0.29) is 0 Å². The molecule has 0 fully saturated rings. The van der Waals surface area contributed by atoms with E-state index < -0.39 is 16.6 Å². The van der Waals surface area contributed by atoms with E-state index >= 15 is 0 Å². The Labute approximate surface area is 152 Å². The van der Waals surface area contributed by atoms with Crippen molar-refractivity contribution in [2.75, 3.05) is 0 Å². The molecule has 134 valence electrons. The van der Waals surface area contributed by atoms with Gasteiger partial charge in [-0.3, -0.25) is 0 Å². The average molecular weight is 374 g/mol. The van der Waals surface area contributed by atoms with E-state index in [9.17, 15) is 0 Å². The molecule has 0 atom stereocenters. The van der Waals surface area contributed by atoms with Gasteiger partial charge in [-0.1, -0.05) is 18.2 Å². The summed E-state index contributed by atoms with van der Waals surface area (Å²) in [4.78, 5) is 13.5. The lowest BCUT2D eigenvalue weighted by Gasteiger charge is -2.21. The molecule has 0 amide bonds. The van der Waals surface area contributed by atoms with Crippen molar-refractivity contribution in [2.24, 2.45) is 4.99 Å². The highest BCUT2D eigenvalue weighted by Crippen LogP contribution is 2.22. The van der Waals surface area contributed by atoms with Crippen molar-refractivity contribution in [3.8, 4) is 6.01 Å². The lowest BCUT2D eigenvalue weighted by molar-refractivity contribution is 0.508. The summed E-state index contributed by atoms with van der Waals surface area (Å²) in [6.45, 7) is 14.6. The highest BCUT2D eigenvalue weighted by molar-refractivity contribution is 6.71. The van der Waals surface area contributed by atoms with Crippen LogP contribution in [0.5, 0.6) is 6.01 Å². The molecular formula is C18H27N3O2Si2. The minimum atomic E-state index is -1.82. The van der Waals surface area contributed by atoms with Crippen LogP contribution in [-0.2, 0) is 4.43 Å². The molecule has 7 heteroatoms. The number of aromatic nitrogens is 2. The molecule has 0 saturated carbocycles. The summed E-state index contributed by atoms with van der Waals surface area (Å²) in [7, 11) is -3.60. The van der Waals surface area contributed by atoms with Gasteiger partial charge in [0, 0.05) is 17.3 Å². The Morgan fingerprint density at radius 2 is 1.60 bits per heavy atom. The molecule has 0 radical (unpaired) electrons. The van der Waals surface area contributed by atoms with E-state index in [1.807, 2.05) is 37.3 Å². The zero-order valence-corrected chi connectivity index (χ0v) is 18.1. The Balaban J connectivity index is 2.46. The number of aryl methyl sites for hydroxylation is 1. The molecule has 0 aliphatic rings. The third kappa shape index (κ3) is 6.43. The first-order chi connectivity index (χ1) is 11.5. The fourth-order valence-corrected chi connectivity index (χ4v) is 3.36. The molecule has 0 spiro atoms. The maximum Gasteiger partial charge on any atom is 0.304 e. The molecule has 0 N–H and O–H groups in total. The second kappa shape index (κ2) is 7.49. The second-order valence-corrected chi connectivity index (χ2v) is 16.7. The number of aliphatic imine (C=N–C) groups is 1. The monoisotopic (exact) mass is 373 g/mol. The van der Waals surface area contributed by atoms with Crippen LogP contribution < -0.4 is 4.43 Å². The Bertz CT molecular complexity index is 751. The molecule has 2 aromatic rings. The second-order valence-electron chi connectivity index (χ2n) is 7.87. The SMILES string of the molecule is Cc1cnc(O[Si](C)(C)C)nc1N=C(O[Si](C)(C)C)c1ccccc1. The quantitative estimate of drug-likeness (QED) is 0.424. The molecule has 5 nitrogen and oxygen atoms in total. The predicted molar refractivity (Wildman–Crippen MR) is 108 cm³/mol. The van der Waals surface area contributed by atoms with E-state index in [0.717, 1.165) is 11.1 Å². The summed E-state index contributed by atoms with van der Waals surface area (Å²) in [6.07, 6.45) is 1.75. The number of hydrogen-bond donors (Lipinski definition) is 0. The Hall–Kier alpha value is -2.00. The summed E-state index contributed by atoms with van der Waals surface area (Å²) in [5, 5.41) is 0. The Kier molecular flexibility index (Phi) is 5.79. The van der Waals surface area contributed by atoms with Crippen molar-refractivity contribution in [1.29, 1.82) is 0 Å². The summed E-state index contributed by atoms with van der Waals surface area (Å²) >= 11 is 0. The minimum absolute atomic E-state index is 0.379. The van der Waals surface area contributed by atoms with E-state index in [1.54, 1.807) is 6.20 Å². The highest BCUT2D eigenvalue weighted by atomic mass is 28.4. The molecule has 1 aromatic carbocycles. The largest absolute Gasteiger partial charge is 0.531 e. The van der Waals surface area contributed by atoms with Gasteiger partial charge in [-0.05, 0) is 58.3 Å². The van der Waals surface area contributed by atoms with Crippen LogP contribution in [0.4, 0.5) is 5.82 Å². The van der Waals surface area contributed by atoms with E-state index in [4.69, 9.17) is 13.8 Å². The Morgan fingerprint density at radius 1 is 0.960 bits per heavy atom. The van der Waals surface area contributed by atoms with Crippen LogP contribution in [-0.4, -0.2) is 32.5 Å². The van der Waals surface area contributed by atoms with Crippen molar-refractivity contribution >= 4 is 28.4 Å². The number of rotatable bonds is 5. The number of hydrogen-bond acceptors (Lipinski definition) is 5. The van der Waals surface area contributed by atoms with Crippen molar-refractivity contribution in [2.45, 2.75) is 46.2 Å². The lowest BCUT2D eigenvalue weighted by Crippen LogP contribution is -2.30. The van der Waals surface area contributed by atoms with Crippen molar-refractivity contribution < 1.29 is 8.85 Å². The third-order valence-electron chi connectivity index (χ3n) is 2.95. The molecule has 0 aliphatic heterocycles. The number of nitrogens with zero attached hydrogens (tertiary/aromatic N) is 3. The van der Waals surface area contributed by atoms with Gasteiger partial charge in [-0.15, -0.1) is 0 Å². The third-order valence-corrected chi connectivity index (χ3v) is 4.55. The molecule has 0 unspecified atom stereocenters. The zero-order chi connectivity index (χ0) is 18.7. The average Bonchev–Trinajstić information content (AvgIpc) is 2.48. The summed E-state index contributed by atoms with van der Waals surface area (Å²) in [5.41, 5.74) is 1.83. The van der Waals surface area contributed by atoms with Gasteiger partial charge in [0.2, 0.25) is 22.5 Å². The highest BCUT2D eigenvalue weighted by Gasteiger charge is 2.21. The molecule has 0 saturated heterocycles. The molecule has 1 heterocycles. The van der Waals surface area contributed by atoms with E-state index in [2.05, 4.69) is 49.3 Å². The first kappa shape index (κ1) is 19.3. The van der Waals surface area contributed by atoms with Crippen LogP contribution in [0.3, 0.4) is 0 Å². The van der Waals surface area contributed by atoms with Gasteiger partial charge in [-0.2, -0.15) is 9.98 Å². The van der Waals surface area contributed by atoms with Crippen LogP contribution in [0.25, 0.3) is 0 Å². The Morgan fingerprint density at radius 3 is 2.16 bits per heavy atom. The molecule has 2 rings (SSSR count).